The Bertz CT molecular complexity index is 1240. The number of rotatable bonds is 4. The predicted molar refractivity (Wildman–Crippen MR) is 124 cm³/mol. The molecule has 0 bridgehead atoms. The number of hydrogen-bond donors (Lipinski definition) is 1. The summed E-state index contributed by atoms with van der Waals surface area (Å²) in [5.74, 6) is 0.493. The number of aromatic amines is 1. The van der Waals surface area contributed by atoms with Crippen LogP contribution in [0, 0.1) is 0 Å². The minimum atomic E-state index is -3.75. The first-order chi connectivity index (χ1) is 15.1. The van der Waals surface area contributed by atoms with Crippen LogP contribution in [0.5, 0.6) is 0 Å². The first-order valence-corrected chi connectivity index (χ1v) is 12.4. The number of H-pyrrole nitrogens is 1. The number of nitrogens with zero attached hydrogens (tertiary/aromatic N) is 3. The molecule has 5 rings (SSSR count). The maximum Gasteiger partial charge on any atom is 0.269 e. The van der Waals surface area contributed by atoms with E-state index in [4.69, 9.17) is 0 Å². The van der Waals surface area contributed by atoms with Crippen LogP contribution in [0.15, 0.2) is 66.1 Å². The number of aromatic nitrogens is 4. The van der Waals surface area contributed by atoms with Crippen molar-refractivity contribution in [1.29, 1.82) is 0 Å². The first kappa shape index (κ1) is 21.3. The molecule has 1 N–H and O–H groups in total. The molecular formula is C24H28N4O2S. The quantitative estimate of drug-likeness (QED) is 0.442. The van der Waals surface area contributed by atoms with Gasteiger partial charge in [-0.1, -0.05) is 51.3 Å². The van der Waals surface area contributed by atoms with Gasteiger partial charge in [-0.3, -0.25) is 5.10 Å². The van der Waals surface area contributed by atoms with Gasteiger partial charge in [-0.2, -0.15) is 5.10 Å². The topological polar surface area (TPSA) is 80.6 Å². The molecule has 1 fully saturated rings. The lowest BCUT2D eigenvalue weighted by atomic mass is 9.84. The van der Waals surface area contributed by atoms with Gasteiger partial charge in [0.05, 0.1) is 11.1 Å². The van der Waals surface area contributed by atoms with E-state index >= 15 is 0 Å². The molecule has 1 aliphatic carbocycles. The van der Waals surface area contributed by atoms with Crippen LogP contribution in [0.4, 0.5) is 0 Å². The van der Waals surface area contributed by atoms with Crippen molar-refractivity contribution in [2.75, 3.05) is 0 Å². The molecule has 0 saturated heterocycles. The highest BCUT2D eigenvalue weighted by Crippen LogP contribution is 2.37. The zero-order valence-corrected chi connectivity index (χ0v) is 18.8. The van der Waals surface area contributed by atoms with E-state index in [1.54, 1.807) is 48.9 Å². The van der Waals surface area contributed by atoms with Crippen molar-refractivity contribution >= 4 is 21.1 Å². The number of hydrogen-bond acceptors (Lipinski definition) is 4. The number of fused-ring (bicyclic) bond motifs is 1. The Balaban J connectivity index is 0.00000112. The van der Waals surface area contributed by atoms with Crippen LogP contribution in [0.2, 0.25) is 0 Å². The number of benzene rings is 1. The largest absolute Gasteiger partial charge is 0.285 e. The molecule has 7 heteroatoms. The minimum absolute atomic E-state index is 0.244. The van der Waals surface area contributed by atoms with Crippen molar-refractivity contribution in [2.45, 2.75) is 56.8 Å². The summed E-state index contributed by atoms with van der Waals surface area (Å²) in [6.07, 6.45) is 13.1. The standard InChI is InChI=1S/C22H22N4O2S.C2H6/c27-29(28,19-9-5-2-6-10-19)26-15-21(18-13-24-25-14-18)20-11-17(12-23-22(20)26)16-7-3-1-4-8-16;1-2/h2,5-6,9-16H,1,3-4,7-8H2,(H,24,25);1-2H3. The molecule has 3 heterocycles. The Kier molecular flexibility index (Phi) is 6.23. The zero-order valence-electron chi connectivity index (χ0n) is 18.0. The third-order valence-electron chi connectivity index (χ3n) is 5.82. The van der Waals surface area contributed by atoms with E-state index < -0.39 is 10.0 Å². The summed E-state index contributed by atoms with van der Waals surface area (Å²) in [4.78, 5) is 4.88. The van der Waals surface area contributed by atoms with Crippen LogP contribution in [-0.2, 0) is 10.0 Å². The van der Waals surface area contributed by atoms with E-state index in [1.165, 1.54) is 28.8 Å². The third-order valence-corrected chi connectivity index (χ3v) is 7.48. The van der Waals surface area contributed by atoms with Gasteiger partial charge in [-0.05, 0) is 42.5 Å². The lowest BCUT2D eigenvalue weighted by Gasteiger charge is -2.21. The Morgan fingerprint density at radius 1 is 1.03 bits per heavy atom. The molecule has 6 nitrogen and oxygen atoms in total. The van der Waals surface area contributed by atoms with Crippen molar-refractivity contribution in [3.63, 3.8) is 0 Å². The fourth-order valence-electron chi connectivity index (χ4n) is 4.27. The molecule has 162 valence electrons. The van der Waals surface area contributed by atoms with Gasteiger partial charge < -0.3 is 0 Å². The van der Waals surface area contributed by atoms with E-state index in [2.05, 4.69) is 21.2 Å². The van der Waals surface area contributed by atoms with Gasteiger partial charge in [0.1, 0.15) is 0 Å². The molecule has 0 unspecified atom stereocenters. The van der Waals surface area contributed by atoms with Crippen LogP contribution >= 0.6 is 0 Å². The summed E-state index contributed by atoms with van der Waals surface area (Å²) in [5, 5.41) is 7.71. The number of pyridine rings is 1. The SMILES string of the molecule is CC.O=S(=O)(c1ccccc1)n1cc(-c2cn[nH]c2)c2cc(C3CCCCC3)cnc21. The molecule has 1 saturated carbocycles. The monoisotopic (exact) mass is 436 g/mol. The van der Waals surface area contributed by atoms with E-state index in [-0.39, 0.29) is 4.90 Å². The Morgan fingerprint density at radius 2 is 1.77 bits per heavy atom. The first-order valence-electron chi connectivity index (χ1n) is 11.0. The smallest absolute Gasteiger partial charge is 0.269 e. The zero-order chi connectivity index (χ0) is 21.8. The van der Waals surface area contributed by atoms with Crippen LogP contribution in [-0.4, -0.2) is 27.6 Å². The van der Waals surface area contributed by atoms with Crippen LogP contribution in [0.25, 0.3) is 22.2 Å². The van der Waals surface area contributed by atoms with Gasteiger partial charge in [0.15, 0.2) is 5.65 Å². The van der Waals surface area contributed by atoms with Crippen LogP contribution < -0.4 is 0 Å². The molecule has 1 aromatic carbocycles. The Hall–Kier alpha value is -2.93. The van der Waals surface area contributed by atoms with Gasteiger partial charge >= 0.3 is 0 Å². The predicted octanol–water partition coefficient (Wildman–Crippen LogP) is 5.74. The molecule has 0 radical (unpaired) electrons. The molecule has 31 heavy (non-hydrogen) atoms. The average Bonchev–Trinajstić information content (AvgIpc) is 3.49. The maximum atomic E-state index is 13.3. The van der Waals surface area contributed by atoms with E-state index in [1.807, 2.05) is 20.0 Å². The van der Waals surface area contributed by atoms with Crippen molar-refractivity contribution in [2.24, 2.45) is 0 Å². The Labute approximate surface area is 183 Å². The van der Waals surface area contributed by atoms with Crippen LogP contribution in [0.1, 0.15) is 57.4 Å². The molecule has 4 aromatic rings. The second-order valence-electron chi connectivity index (χ2n) is 7.62. The Morgan fingerprint density at radius 3 is 2.45 bits per heavy atom. The summed E-state index contributed by atoms with van der Waals surface area (Å²) in [7, 11) is -3.75. The fraction of sp³-hybridized carbons (Fsp3) is 0.333. The average molecular weight is 437 g/mol. The molecule has 1 aliphatic rings. The summed E-state index contributed by atoms with van der Waals surface area (Å²) in [6, 6.07) is 10.6. The second-order valence-corrected chi connectivity index (χ2v) is 9.43. The van der Waals surface area contributed by atoms with E-state index in [9.17, 15) is 8.42 Å². The van der Waals surface area contributed by atoms with E-state index in [0.29, 0.717) is 11.6 Å². The van der Waals surface area contributed by atoms with Gasteiger partial charge in [0.2, 0.25) is 0 Å². The molecule has 0 aliphatic heterocycles. The highest BCUT2D eigenvalue weighted by Gasteiger charge is 2.24. The summed E-state index contributed by atoms with van der Waals surface area (Å²) >= 11 is 0. The molecule has 0 amide bonds. The highest BCUT2D eigenvalue weighted by molar-refractivity contribution is 7.90. The lowest BCUT2D eigenvalue weighted by Crippen LogP contribution is -2.12. The maximum absolute atomic E-state index is 13.3. The summed E-state index contributed by atoms with van der Waals surface area (Å²) < 4.78 is 27.9. The minimum Gasteiger partial charge on any atom is -0.285 e. The van der Waals surface area contributed by atoms with Crippen molar-refractivity contribution in [3.05, 3.63) is 66.7 Å². The van der Waals surface area contributed by atoms with Gasteiger partial charge in [-0.25, -0.2) is 17.4 Å². The van der Waals surface area contributed by atoms with Crippen LogP contribution in [0.3, 0.4) is 0 Å². The molecular weight excluding hydrogens is 408 g/mol. The van der Waals surface area contributed by atoms with Crippen molar-refractivity contribution in [1.82, 2.24) is 19.2 Å². The van der Waals surface area contributed by atoms with E-state index in [0.717, 1.165) is 29.4 Å². The van der Waals surface area contributed by atoms with Crippen molar-refractivity contribution < 1.29 is 8.42 Å². The summed E-state index contributed by atoms with van der Waals surface area (Å²) in [6.45, 7) is 4.00. The van der Waals surface area contributed by atoms with Gasteiger partial charge in [0, 0.05) is 35.1 Å². The molecule has 0 spiro atoms. The second kappa shape index (κ2) is 9.06. The fourth-order valence-corrected chi connectivity index (χ4v) is 5.62. The van der Waals surface area contributed by atoms with Crippen molar-refractivity contribution in [3.8, 4) is 11.1 Å². The normalized spacial score (nSPS) is 14.9. The highest BCUT2D eigenvalue weighted by atomic mass is 32.2. The third kappa shape index (κ3) is 4.02. The summed E-state index contributed by atoms with van der Waals surface area (Å²) in [5.41, 5.74) is 3.31. The molecule has 3 aromatic heterocycles. The number of nitrogens with one attached hydrogen (secondary N) is 1. The molecule has 0 atom stereocenters. The lowest BCUT2D eigenvalue weighted by molar-refractivity contribution is 0.443. The van der Waals surface area contributed by atoms with Gasteiger partial charge in [-0.15, -0.1) is 0 Å². The van der Waals surface area contributed by atoms with Gasteiger partial charge in [0.25, 0.3) is 10.0 Å².